The van der Waals surface area contributed by atoms with Gasteiger partial charge >= 0.3 is 0 Å². The van der Waals surface area contributed by atoms with Gasteiger partial charge in [-0.1, -0.05) is 33.6 Å². The van der Waals surface area contributed by atoms with Crippen LogP contribution in [-0.2, 0) is 4.74 Å². The molecule has 0 heterocycles. The van der Waals surface area contributed by atoms with Gasteiger partial charge in [0.05, 0.1) is 18.8 Å². The maximum atomic E-state index is 10.0. The highest BCUT2D eigenvalue weighted by atomic mass is 16.5. The van der Waals surface area contributed by atoms with Crippen molar-refractivity contribution in [1.82, 2.24) is 5.32 Å². The molecule has 3 heteroatoms. The Morgan fingerprint density at radius 1 is 1.05 bits per heavy atom. The first kappa shape index (κ1) is 17.2. The second-order valence-electron chi connectivity index (χ2n) is 8.22. The van der Waals surface area contributed by atoms with Crippen LogP contribution in [0.25, 0.3) is 0 Å². The molecule has 21 heavy (non-hydrogen) atoms. The van der Waals surface area contributed by atoms with Crippen molar-refractivity contribution in [2.45, 2.75) is 90.4 Å². The molecule has 0 aliphatic heterocycles. The van der Waals surface area contributed by atoms with E-state index in [1.54, 1.807) is 0 Å². The van der Waals surface area contributed by atoms with Crippen LogP contribution in [0.3, 0.4) is 0 Å². The quantitative estimate of drug-likeness (QED) is 0.788. The highest BCUT2D eigenvalue weighted by molar-refractivity contribution is 4.81. The van der Waals surface area contributed by atoms with Crippen LogP contribution >= 0.6 is 0 Å². The molecule has 0 radical (unpaired) electrons. The molecule has 124 valence electrons. The normalized spacial score (nSPS) is 29.7. The van der Waals surface area contributed by atoms with Gasteiger partial charge in [0.15, 0.2) is 0 Å². The number of ether oxygens (including phenoxy) is 1. The highest BCUT2D eigenvalue weighted by Gasteiger charge is 2.30. The SMILES string of the molecule is CC(C)(C)C1CCC(OCC(O)CNC2CCCC2)CC1. The molecule has 2 rings (SSSR count). The van der Waals surface area contributed by atoms with Gasteiger partial charge in [-0.05, 0) is 49.9 Å². The number of aliphatic hydroxyl groups excluding tert-OH is 1. The predicted molar refractivity (Wildman–Crippen MR) is 87.4 cm³/mol. The van der Waals surface area contributed by atoms with Crippen LogP contribution in [0.5, 0.6) is 0 Å². The number of rotatable bonds is 6. The molecule has 0 saturated heterocycles. The van der Waals surface area contributed by atoms with Crippen molar-refractivity contribution < 1.29 is 9.84 Å². The summed E-state index contributed by atoms with van der Waals surface area (Å²) >= 11 is 0. The lowest BCUT2D eigenvalue weighted by Gasteiger charge is -2.37. The Morgan fingerprint density at radius 3 is 2.24 bits per heavy atom. The number of hydrogen-bond acceptors (Lipinski definition) is 3. The van der Waals surface area contributed by atoms with Gasteiger partial charge in [0, 0.05) is 12.6 Å². The van der Waals surface area contributed by atoms with Crippen LogP contribution in [0.4, 0.5) is 0 Å². The Hall–Kier alpha value is -0.120. The lowest BCUT2D eigenvalue weighted by atomic mass is 9.72. The van der Waals surface area contributed by atoms with Crippen molar-refractivity contribution in [2.24, 2.45) is 11.3 Å². The Balaban J connectivity index is 1.56. The molecule has 0 amide bonds. The van der Waals surface area contributed by atoms with Gasteiger partial charge in [0.2, 0.25) is 0 Å². The van der Waals surface area contributed by atoms with E-state index in [0.717, 1.165) is 18.8 Å². The summed E-state index contributed by atoms with van der Waals surface area (Å²) in [5.74, 6) is 0.825. The third kappa shape index (κ3) is 5.88. The molecule has 0 aromatic rings. The molecule has 2 aliphatic rings. The van der Waals surface area contributed by atoms with E-state index >= 15 is 0 Å². The smallest absolute Gasteiger partial charge is 0.0897 e. The zero-order valence-corrected chi connectivity index (χ0v) is 14.2. The minimum absolute atomic E-state index is 0.356. The maximum Gasteiger partial charge on any atom is 0.0897 e. The first-order chi connectivity index (χ1) is 9.95. The second kappa shape index (κ2) is 7.94. The van der Waals surface area contributed by atoms with Crippen molar-refractivity contribution in [3.63, 3.8) is 0 Å². The molecule has 0 aromatic carbocycles. The third-order valence-electron chi connectivity index (χ3n) is 5.42. The summed E-state index contributed by atoms with van der Waals surface area (Å²) in [5, 5.41) is 13.5. The standard InChI is InChI=1S/C18H35NO2/c1-18(2,3)14-8-10-17(11-9-14)21-13-16(20)12-19-15-6-4-5-7-15/h14-17,19-20H,4-13H2,1-3H3. The molecule has 2 aliphatic carbocycles. The summed E-state index contributed by atoms with van der Waals surface area (Å²) in [6, 6.07) is 0.627. The lowest BCUT2D eigenvalue weighted by molar-refractivity contribution is -0.0365. The first-order valence-corrected chi connectivity index (χ1v) is 8.98. The molecular weight excluding hydrogens is 262 g/mol. The summed E-state index contributed by atoms with van der Waals surface area (Å²) in [6.07, 6.45) is 10.1. The summed E-state index contributed by atoms with van der Waals surface area (Å²) in [6.45, 7) is 8.21. The van der Waals surface area contributed by atoms with E-state index in [2.05, 4.69) is 26.1 Å². The molecule has 3 nitrogen and oxygen atoms in total. The molecule has 0 spiro atoms. The van der Waals surface area contributed by atoms with Gasteiger partial charge in [-0.3, -0.25) is 0 Å². The fraction of sp³-hybridized carbons (Fsp3) is 1.00. The molecular formula is C18H35NO2. The van der Waals surface area contributed by atoms with E-state index in [1.165, 1.54) is 38.5 Å². The van der Waals surface area contributed by atoms with Gasteiger partial charge in [0.1, 0.15) is 0 Å². The van der Waals surface area contributed by atoms with Crippen molar-refractivity contribution in [1.29, 1.82) is 0 Å². The number of nitrogens with one attached hydrogen (secondary N) is 1. The second-order valence-corrected chi connectivity index (χ2v) is 8.22. The van der Waals surface area contributed by atoms with Gasteiger partial charge < -0.3 is 15.2 Å². The zero-order valence-electron chi connectivity index (χ0n) is 14.2. The van der Waals surface area contributed by atoms with E-state index in [1.807, 2.05) is 0 Å². The summed E-state index contributed by atoms with van der Waals surface area (Å²) in [5.41, 5.74) is 0.426. The van der Waals surface area contributed by atoms with Crippen LogP contribution in [0.2, 0.25) is 0 Å². The van der Waals surface area contributed by atoms with Crippen LogP contribution in [-0.4, -0.2) is 36.5 Å². The zero-order chi connectivity index (χ0) is 15.3. The Kier molecular flexibility index (Phi) is 6.51. The molecule has 1 unspecified atom stereocenters. The van der Waals surface area contributed by atoms with E-state index in [4.69, 9.17) is 4.74 Å². The average molecular weight is 297 g/mol. The number of aliphatic hydroxyl groups is 1. The van der Waals surface area contributed by atoms with Crippen molar-refractivity contribution >= 4 is 0 Å². The van der Waals surface area contributed by atoms with Crippen LogP contribution < -0.4 is 5.32 Å². The molecule has 2 fully saturated rings. The Morgan fingerprint density at radius 2 is 1.67 bits per heavy atom. The Bertz CT molecular complexity index is 286. The van der Waals surface area contributed by atoms with Crippen molar-refractivity contribution in [3.05, 3.63) is 0 Å². The Labute approximate surface area is 130 Å². The summed E-state index contributed by atoms with van der Waals surface area (Å²) in [4.78, 5) is 0. The minimum atomic E-state index is -0.356. The topological polar surface area (TPSA) is 41.5 Å². The van der Waals surface area contributed by atoms with Crippen LogP contribution in [0, 0.1) is 11.3 Å². The largest absolute Gasteiger partial charge is 0.389 e. The van der Waals surface area contributed by atoms with Crippen molar-refractivity contribution in [3.8, 4) is 0 Å². The molecule has 2 saturated carbocycles. The van der Waals surface area contributed by atoms with Gasteiger partial charge in [-0.2, -0.15) is 0 Å². The average Bonchev–Trinajstić information content (AvgIpc) is 2.95. The van der Waals surface area contributed by atoms with E-state index in [9.17, 15) is 5.11 Å². The summed E-state index contributed by atoms with van der Waals surface area (Å²) < 4.78 is 5.93. The predicted octanol–water partition coefficient (Wildman–Crippen LogP) is 3.50. The minimum Gasteiger partial charge on any atom is -0.389 e. The first-order valence-electron chi connectivity index (χ1n) is 8.98. The highest BCUT2D eigenvalue weighted by Crippen LogP contribution is 2.38. The van der Waals surface area contributed by atoms with Gasteiger partial charge in [-0.25, -0.2) is 0 Å². The number of hydrogen-bond donors (Lipinski definition) is 2. The third-order valence-corrected chi connectivity index (χ3v) is 5.42. The molecule has 2 N–H and O–H groups in total. The molecule has 1 atom stereocenters. The molecule has 0 bridgehead atoms. The summed E-state index contributed by atoms with van der Waals surface area (Å²) in [7, 11) is 0. The van der Waals surface area contributed by atoms with E-state index < -0.39 is 0 Å². The fourth-order valence-electron chi connectivity index (χ4n) is 3.83. The van der Waals surface area contributed by atoms with Crippen LogP contribution in [0.1, 0.15) is 72.1 Å². The maximum absolute atomic E-state index is 10.0. The van der Waals surface area contributed by atoms with Crippen LogP contribution in [0.15, 0.2) is 0 Å². The van der Waals surface area contributed by atoms with Gasteiger partial charge in [-0.15, -0.1) is 0 Å². The molecule has 0 aromatic heterocycles. The van der Waals surface area contributed by atoms with E-state index in [0.29, 0.717) is 30.7 Å². The monoisotopic (exact) mass is 297 g/mol. The lowest BCUT2D eigenvalue weighted by Crippen LogP contribution is -2.37. The fourth-order valence-corrected chi connectivity index (χ4v) is 3.83. The van der Waals surface area contributed by atoms with Crippen molar-refractivity contribution in [2.75, 3.05) is 13.2 Å². The van der Waals surface area contributed by atoms with E-state index in [-0.39, 0.29) is 6.10 Å². The van der Waals surface area contributed by atoms with Gasteiger partial charge in [0.25, 0.3) is 0 Å².